The Morgan fingerprint density at radius 2 is 1.94 bits per heavy atom. The predicted molar refractivity (Wildman–Crippen MR) is 65.5 cm³/mol. The van der Waals surface area contributed by atoms with E-state index >= 15 is 0 Å². The zero-order chi connectivity index (χ0) is 12.4. The molecule has 0 spiro atoms. The highest BCUT2D eigenvalue weighted by Gasteiger charge is 2.18. The van der Waals surface area contributed by atoms with Crippen molar-refractivity contribution >= 4 is 0 Å². The number of halogens is 1. The Kier molecular flexibility index (Phi) is 3.29. The van der Waals surface area contributed by atoms with Gasteiger partial charge < -0.3 is 9.73 Å². The summed E-state index contributed by atoms with van der Waals surface area (Å²) in [6, 6.07) is 6.84. The number of aryl methyl sites for hydroxylation is 2. The lowest BCUT2D eigenvalue weighted by Gasteiger charge is -2.18. The quantitative estimate of drug-likeness (QED) is 0.879. The van der Waals surface area contributed by atoms with Crippen LogP contribution in [-0.2, 0) is 0 Å². The van der Waals surface area contributed by atoms with Gasteiger partial charge in [0.1, 0.15) is 11.6 Å². The van der Waals surface area contributed by atoms with E-state index in [1.807, 2.05) is 33.0 Å². The summed E-state index contributed by atoms with van der Waals surface area (Å²) >= 11 is 0. The Hall–Kier alpha value is -1.61. The minimum Gasteiger partial charge on any atom is -0.469 e. The van der Waals surface area contributed by atoms with Gasteiger partial charge in [0.25, 0.3) is 0 Å². The van der Waals surface area contributed by atoms with Crippen molar-refractivity contribution in [2.75, 3.05) is 7.05 Å². The largest absolute Gasteiger partial charge is 0.469 e. The molecule has 2 nitrogen and oxygen atoms in total. The van der Waals surface area contributed by atoms with Gasteiger partial charge in [-0.15, -0.1) is 0 Å². The minimum absolute atomic E-state index is 0.0364. The highest BCUT2D eigenvalue weighted by Crippen LogP contribution is 2.27. The van der Waals surface area contributed by atoms with Crippen LogP contribution in [0.5, 0.6) is 0 Å². The highest BCUT2D eigenvalue weighted by atomic mass is 19.1. The number of benzene rings is 1. The average molecular weight is 233 g/mol. The molecule has 2 rings (SSSR count). The van der Waals surface area contributed by atoms with Crippen LogP contribution in [0.2, 0.25) is 0 Å². The highest BCUT2D eigenvalue weighted by molar-refractivity contribution is 5.37. The number of rotatable bonds is 3. The number of furan rings is 1. The second kappa shape index (κ2) is 4.72. The Balaban J connectivity index is 2.46. The van der Waals surface area contributed by atoms with Crippen molar-refractivity contribution in [3.05, 3.63) is 58.8 Å². The summed E-state index contributed by atoms with van der Waals surface area (Å²) in [5.74, 6) is 0.679. The van der Waals surface area contributed by atoms with Gasteiger partial charge in [-0.05, 0) is 50.2 Å². The third-order valence-electron chi connectivity index (χ3n) is 3.04. The van der Waals surface area contributed by atoms with Gasteiger partial charge in [0.2, 0.25) is 0 Å². The Labute approximate surface area is 100 Å². The molecule has 0 saturated heterocycles. The molecule has 0 aliphatic rings. The van der Waals surface area contributed by atoms with Gasteiger partial charge >= 0.3 is 0 Å². The van der Waals surface area contributed by atoms with E-state index in [2.05, 4.69) is 5.32 Å². The number of hydrogen-bond donors (Lipinski definition) is 1. The summed E-state index contributed by atoms with van der Waals surface area (Å²) in [6.07, 6.45) is 1.67. The van der Waals surface area contributed by atoms with Gasteiger partial charge in [0.05, 0.1) is 12.3 Å². The molecule has 0 amide bonds. The molecule has 17 heavy (non-hydrogen) atoms. The van der Waals surface area contributed by atoms with Crippen molar-refractivity contribution in [3.8, 4) is 0 Å². The van der Waals surface area contributed by atoms with Crippen molar-refractivity contribution in [1.82, 2.24) is 5.32 Å². The van der Waals surface area contributed by atoms with Crippen LogP contribution >= 0.6 is 0 Å². The number of hydrogen-bond acceptors (Lipinski definition) is 2. The molecule has 0 radical (unpaired) electrons. The zero-order valence-electron chi connectivity index (χ0n) is 10.3. The summed E-state index contributed by atoms with van der Waals surface area (Å²) in [5, 5.41) is 3.24. The van der Waals surface area contributed by atoms with E-state index in [-0.39, 0.29) is 11.9 Å². The van der Waals surface area contributed by atoms with Crippen LogP contribution in [0, 0.1) is 19.7 Å². The predicted octanol–water partition coefficient (Wildman–Crippen LogP) is 3.34. The Bertz CT molecular complexity index is 519. The molecule has 1 heterocycles. The van der Waals surface area contributed by atoms with Crippen LogP contribution in [0.15, 0.2) is 34.9 Å². The summed E-state index contributed by atoms with van der Waals surface area (Å²) in [7, 11) is 1.89. The van der Waals surface area contributed by atoms with E-state index in [1.165, 1.54) is 6.07 Å². The van der Waals surface area contributed by atoms with Crippen molar-refractivity contribution in [2.24, 2.45) is 0 Å². The molecule has 90 valence electrons. The van der Waals surface area contributed by atoms with Crippen molar-refractivity contribution in [1.29, 1.82) is 0 Å². The fourth-order valence-electron chi connectivity index (χ4n) is 2.14. The van der Waals surface area contributed by atoms with Crippen LogP contribution in [0.3, 0.4) is 0 Å². The lowest BCUT2D eigenvalue weighted by atomic mass is 9.95. The van der Waals surface area contributed by atoms with E-state index in [9.17, 15) is 4.39 Å². The van der Waals surface area contributed by atoms with Crippen molar-refractivity contribution < 1.29 is 8.81 Å². The van der Waals surface area contributed by atoms with Gasteiger partial charge in [-0.2, -0.15) is 0 Å². The minimum atomic E-state index is -0.204. The SMILES string of the molecule is CNC(c1ccc(F)cc1C)c1ccoc1C. The maximum atomic E-state index is 13.1. The van der Waals surface area contributed by atoms with Gasteiger partial charge in [0, 0.05) is 5.56 Å². The van der Waals surface area contributed by atoms with Gasteiger partial charge in [-0.1, -0.05) is 6.07 Å². The molecule has 1 aromatic carbocycles. The molecule has 3 heteroatoms. The fourth-order valence-corrected chi connectivity index (χ4v) is 2.14. The lowest BCUT2D eigenvalue weighted by Crippen LogP contribution is -2.19. The maximum absolute atomic E-state index is 13.1. The van der Waals surface area contributed by atoms with E-state index in [0.717, 1.165) is 22.5 Å². The van der Waals surface area contributed by atoms with Gasteiger partial charge in [-0.25, -0.2) is 4.39 Å². The smallest absolute Gasteiger partial charge is 0.123 e. The van der Waals surface area contributed by atoms with Crippen LogP contribution in [-0.4, -0.2) is 7.05 Å². The van der Waals surface area contributed by atoms with Gasteiger partial charge in [0.15, 0.2) is 0 Å². The normalized spacial score (nSPS) is 12.7. The van der Waals surface area contributed by atoms with Crippen LogP contribution in [0.4, 0.5) is 4.39 Å². The molecule has 1 atom stereocenters. The van der Waals surface area contributed by atoms with E-state index in [0.29, 0.717) is 0 Å². The molecule has 0 saturated carbocycles. The molecule has 0 aliphatic carbocycles. The van der Waals surface area contributed by atoms with E-state index < -0.39 is 0 Å². The Morgan fingerprint density at radius 3 is 2.47 bits per heavy atom. The molecule has 0 aliphatic heterocycles. The second-order valence-electron chi connectivity index (χ2n) is 4.15. The first kappa shape index (κ1) is 11.9. The van der Waals surface area contributed by atoms with Crippen LogP contribution in [0.1, 0.15) is 28.5 Å². The lowest BCUT2D eigenvalue weighted by molar-refractivity contribution is 0.523. The molecule has 0 bridgehead atoms. The summed E-state index contributed by atoms with van der Waals surface area (Å²) < 4.78 is 18.4. The first-order valence-corrected chi connectivity index (χ1v) is 5.60. The van der Waals surface area contributed by atoms with E-state index in [4.69, 9.17) is 4.42 Å². The van der Waals surface area contributed by atoms with Gasteiger partial charge in [-0.3, -0.25) is 0 Å². The van der Waals surface area contributed by atoms with E-state index in [1.54, 1.807) is 12.3 Å². The summed E-state index contributed by atoms with van der Waals surface area (Å²) in [6.45, 7) is 3.84. The van der Waals surface area contributed by atoms with Crippen molar-refractivity contribution in [2.45, 2.75) is 19.9 Å². The molecular weight excluding hydrogens is 217 g/mol. The zero-order valence-corrected chi connectivity index (χ0v) is 10.3. The molecular formula is C14H16FNO. The Morgan fingerprint density at radius 1 is 1.18 bits per heavy atom. The summed E-state index contributed by atoms with van der Waals surface area (Å²) in [5.41, 5.74) is 3.09. The monoisotopic (exact) mass is 233 g/mol. The molecule has 0 fully saturated rings. The summed E-state index contributed by atoms with van der Waals surface area (Å²) in [4.78, 5) is 0. The topological polar surface area (TPSA) is 25.2 Å². The second-order valence-corrected chi connectivity index (χ2v) is 4.15. The first-order valence-electron chi connectivity index (χ1n) is 5.60. The van der Waals surface area contributed by atoms with Crippen LogP contribution < -0.4 is 5.32 Å². The fraction of sp³-hybridized carbons (Fsp3) is 0.286. The standard InChI is InChI=1S/C14H16FNO/c1-9-8-11(15)4-5-12(9)14(16-3)13-6-7-17-10(13)2/h4-8,14,16H,1-3H3. The van der Waals surface area contributed by atoms with Crippen LogP contribution in [0.25, 0.3) is 0 Å². The first-order chi connectivity index (χ1) is 8.13. The maximum Gasteiger partial charge on any atom is 0.123 e. The number of nitrogens with one attached hydrogen (secondary N) is 1. The van der Waals surface area contributed by atoms with Crippen molar-refractivity contribution in [3.63, 3.8) is 0 Å². The molecule has 1 unspecified atom stereocenters. The molecule has 2 aromatic rings. The third kappa shape index (κ3) is 2.24. The average Bonchev–Trinajstić information content (AvgIpc) is 2.69. The molecule has 1 aromatic heterocycles. The third-order valence-corrected chi connectivity index (χ3v) is 3.04. The molecule has 1 N–H and O–H groups in total.